The maximum Gasteiger partial charge on any atom is 0.255 e. The molecule has 1 fully saturated rings. The summed E-state index contributed by atoms with van der Waals surface area (Å²) in [5, 5.41) is 9.00. The number of aromatic nitrogens is 1. The van der Waals surface area contributed by atoms with E-state index in [1.807, 2.05) is 36.0 Å². The lowest BCUT2D eigenvalue weighted by atomic mass is 10.2. The van der Waals surface area contributed by atoms with Crippen molar-refractivity contribution >= 4 is 11.7 Å². The third-order valence-electron chi connectivity index (χ3n) is 3.74. The standard InChI is InChI=1S/C15H24N4O2/c1-17(2)14-5-4-13(12-16-14)15(21)19-7-3-6-18(8-9-19)10-11-20/h4-5,12,20H,3,6-11H2,1-2H3. The maximum absolute atomic E-state index is 12.5. The van der Waals surface area contributed by atoms with Gasteiger partial charge in [-0.3, -0.25) is 9.69 Å². The Labute approximate surface area is 126 Å². The maximum atomic E-state index is 12.5. The molecule has 0 aromatic carbocycles. The molecule has 116 valence electrons. The number of carbonyl (C=O) groups is 1. The van der Waals surface area contributed by atoms with Crippen LogP contribution in [0.25, 0.3) is 0 Å². The number of hydrogen-bond donors (Lipinski definition) is 1. The third kappa shape index (κ3) is 4.15. The van der Waals surface area contributed by atoms with Crippen LogP contribution in [0.2, 0.25) is 0 Å². The summed E-state index contributed by atoms with van der Waals surface area (Å²) in [7, 11) is 3.85. The monoisotopic (exact) mass is 292 g/mol. The minimum atomic E-state index is 0.0404. The van der Waals surface area contributed by atoms with E-state index in [9.17, 15) is 4.79 Å². The summed E-state index contributed by atoms with van der Waals surface area (Å²) < 4.78 is 0. The Kier molecular flexibility index (Phi) is 5.52. The third-order valence-corrected chi connectivity index (χ3v) is 3.74. The van der Waals surface area contributed by atoms with Crippen LogP contribution >= 0.6 is 0 Å². The molecule has 0 spiro atoms. The molecule has 21 heavy (non-hydrogen) atoms. The molecule has 1 amide bonds. The molecule has 1 aliphatic rings. The summed E-state index contributed by atoms with van der Waals surface area (Å²) in [6.45, 7) is 4.06. The van der Waals surface area contributed by atoms with Crippen LogP contribution in [0, 0.1) is 0 Å². The number of β-amino-alcohol motifs (C(OH)–C–C–N with tert-alkyl or cyclic N) is 1. The first-order chi connectivity index (χ1) is 10.1. The van der Waals surface area contributed by atoms with Crippen molar-refractivity contribution in [3.63, 3.8) is 0 Å². The molecule has 6 heteroatoms. The summed E-state index contributed by atoms with van der Waals surface area (Å²) in [5.41, 5.74) is 0.635. The van der Waals surface area contributed by atoms with Gasteiger partial charge in [-0.15, -0.1) is 0 Å². The molecule has 0 unspecified atom stereocenters. The molecule has 2 heterocycles. The number of aliphatic hydroxyl groups is 1. The van der Waals surface area contributed by atoms with E-state index in [-0.39, 0.29) is 12.5 Å². The molecule has 1 saturated heterocycles. The molecule has 1 N–H and O–H groups in total. The van der Waals surface area contributed by atoms with Gasteiger partial charge in [0.1, 0.15) is 5.82 Å². The van der Waals surface area contributed by atoms with E-state index < -0.39 is 0 Å². The predicted octanol–water partition coefficient (Wildman–Crippen LogP) is 0.288. The summed E-state index contributed by atoms with van der Waals surface area (Å²) in [6, 6.07) is 3.70. The number of aliphatic hydroxyl groups excluding tert-OH is 1. The van der Waals surface area contributed by atoms with Crippen molar-refractivity contribution in [2.75, 3.05) is 58.3 Å². The normalized spacial score (nSPS) is 16.6. The zero-order valence-corrected chi connectivity index (χ0v) is 12.8. The summed E-state index contributed by atoms with van der Waals surface area (Å²) in [4.78, 5) is 22.8. The Hall–Kier alpha value is -1.66. The summed E-state index contributed by atoms with van der Waals surface area (Å²) in [5.74, 6) is 0.884. The van der Waals surface area contributed by atoms with Crippen molar-refractivity contribution in [2.24, 2.45) is 0 Å². The second-order valence-electron chi connectivity index (χ2n) is 5.51. The fraction of sp³-hybridized carbons (Fsp3) is 0.600. The first kappa shape index (κ1) is 15.7. The Morgan fingerprint density at radius 1 is 1.29 bits per heavy atom. The Balaban J connectivity index is 1.99. The predicted molar refractivity (Wildman–Crippen MR) is 82.6 cm³/mol. The van der Waals surface area contributed by atoms with Gasteiger partial charge in [0.05, 0.1) is 12.2 Å². The van der Waals surface area contributed by atoms with Crippen LogP contribution in [-0.4, -0.2) is 79.2 Å². The van der Waals surface area contributed by atoms with Crippen molar-refractivity contribution in [3.05, 3.63) is 23.9 Å². The second kappa shape index (κ2) is 7.38. The minimum Gasteiger partial charge on any atom is -0.395 e. The number of pyridine rings is 1. The molecule has 1 aromatic rings. The van der Waals surface area contributed by atoms with Crippen molar-refractivity contribution < 1.29 is 9.90 Å². The lowest BCUT2D eigenvalue weighted by Crippen LogP contribution is -2.36. The molecule has 1 aromatic heterocycles. The van der Waals surface area contributed by atoms with Gasteiger partial charge in [-0.2, -0.15) is 0 Å². The molecule has 0 atom stereocenters. The van der Waals surface area contributed by atoms with Crippen LogP contribution in [0.4, 0.5) is 5.82 Å². The molecule has 0 aliphatic carbocycles. The lowest BCUT2D eigenvalue weighted by molar-refractivity contribution is 0.0760. The minimum absolute atomic E-state index is 0.0404. The quantitative estimate of drug-likeness (QED) is 0.864. The average Bonchev–Trinajstić information content (AvgIpc) is 2.73. The molecule has 0 radical (unpaired) electrons. The zero-order valence-electron chi connectivity index (χ0n) is 12.8. The number of nitrogens with zero attached hydrogens (tertiary/aromatic N) is 4. The smallest absolute Gasteiger partial charge is 0.255 e. The van der Waals surface area contributed by atoms with E-state index in [1.165, 1.54) is 0 Å². The summed E-state index contributed by atoms with van der Waals surface area (Å²) >= 11 is 0. The van der Waals surface area contributed by atoms with Gasteiger partial charge in [0.15, 0.2) is 0 Å². The first-order valence-electron chi connectivity index (χ1n) is 7.37. The number of hydrogen-bond acceptors (Lipinski definition) is 5. The van der Waals surface area contributed by atoms with Crippen LogP contribution in [-0.2, 0) is 0 Å². The molecular formula is C15H24N4O2. The molecule has 0 saturated carbocycles. The highest BCUT2D eigenvalue weighted by Gasteiger charge is 2.20. The Morgan fingerprint density at radius 2 is 2.10 bits per heavy atom. The van der Waals surface area contributed by atoms with Gasteiger partial charge in [0, 0.05) is 46.5 Å². The van der Waals surface area contributed by atoms with Crippen molar-refractivity contribution in [3.8, 4) is 0 Å². The first-order valence-corrected chi connectivity index (χ1v) is 7.37. The zero-order chi connectivity index (χ0) is 15.2. The highest BCUT2D eigenvalue weighted by molar-refractivity contribution is 5.94. The van der Waals surface area contributed by atoms with Gasteiger partial charge in [-0.05, 0) is 25.1 Å². The van der Waals surface area contributed by atoms with Gasteiger partial charge in [0.2, 0.25) is 0 Å². The van der Waals surface area contributed by atoms with E-state index in [2.05, 4.69) is 9.88 Å². The fourth-order valence-corrected chi connectivity index (χ4v) is 2.50. The van der Waals surface area contributed by atoms with Crippen LogP contribution in [0.5, 0.6) is 0 Å². The SMILES string of the molecule is CN(C)c1ccc(C(=O)N2CCCN(CCO)CC2)cn1. The number of anilines is 1. The van der Waals surface area contributed by atoms with Crippen LogP contribution < -0.4 is 4.90 Å². The largest absolute Gasteiger partial charge is 0.395 e. The summed E-state index contributed by atoms with van der Waals surface area (Å²) in [6.07, 6.45) is 2.59. The average molecular weight is 292 g/mol. The lowest BCUT2D eigenvalue weighted by Gasteiger charge is -2.21. The van der Waals surface area contributed by atoms with Crippen molar-refractivity contribution in [1.29, 1.82) is 0 Å². The van der Waals surface area contributed by atoms with Gasteiger partial charge < -0.3 is 14.9 Å². The fourth-order valence-electron chi connectivity index (χ4n) is 2.50. The highest BCUT2D eigenvalue weighted by atomic mass is 16.3. The van der Waals surface area contributed by atoms with Crippen LogP contribution in [0.15, 0.2) is 18.3 Å². The molecule has 6 nitrogen and oxygen atoms in total. The number of carbonyl (C=O) groups excluding carboxylic acids is 1. The molecular weight excluding hydrogens is 268 g/mol. The van der Waals surface area contributed by atoms with E-state index >= 15 is 0 Å². The molecule has 2 rings (SSSR count). The number of amides is 1. The Morgan fingerprint density at radius 3 is 2.71 bits per heavy atom. The Bertz CT molecular complexity index is 461. The van der Waals surface area contributed by atoms with Crippen molar-refractivity contribution in [1.82, 2.24) is 14.8 Å². The van der Waals surface area contributed by atoms with Crippen LogP contribution in [0.1, 0.15) is 16.8 Å². The van der Waals surface area contributed by atoms with E-state index in [0.29, 0.717) is 18.7 Å². The van der Waals surface area contributed by atoms with Gasteiger partial charge in [0.25, 0.3) is 5.91 Å². The van der Waals surface area contributed by atoms with Gasteiger partial charge in [-0.25, -0.2) is 4.98 Å². The van der Waals surface area contributed by atoms with E-state index in [4.69, 9.17) is 5.11 Å². The highest BCUT2D eigenvalue weighted by Crippen LogP contribution is 2.12. The molecule has 1 aliphatic heterocycles. The van der Waals surface area contributed by atoms with Crippen LogP contribution in [0.3, 0.4) is 0 Å². The number of rotatable bonds is 4. The topological polar surface area (TPSA) is 59.9 Å². The second-order valence-corrected chi connectivity index (χ2v) is 5.51. The van der Waals surface area contributed by atoms with Crippen molar-refractivity contribution in [2.45, 2.75) is 6.42 Å². The van der Waals surface area contributed by atoms with Gasteiger partial charge in [-0.1, -0.05) is 0 Å². The van der Waals surface area contributed by atoms with E-state index in [0.717, 1.165) is 31.9 Å². The van der Waals surface area contributed by atoms with E-state index in [1.54, 1.807) is 6.20 Å². The van der Waals surface area contributed by atoms with Gasteiger partial charge >= 0.3 is 0 Å². The molecule has 0 bridgehead atoms.